The van der Waals surface area contributed by atoms with Crippen molar-refractivity contribution >= 4 is 5.97 Å². The average Bonchev–Trinajstić information content (AvgIpc) is 2.74. The van der Waals surface area contributed by atoms with Crippen LogP contribution in [0, 0.1) is 0 Å². The largest absolute Gasteiger partial charge is 0.477 e. The SMILES string of the molecule is O=C(O)[C@]1(O)OC(C(O)C(O)CO)[C@@H](O)C(O)C1O.OCC1OC(O)C(O)C(O)[C@@H]1O. The van der Waals surface area contributed by atoms with E-state index in [4.69, 9.17) is 35.7 Å². The number of aliphatic hydroxyl groups is 12. The number of rotatable bonds is 5. The molecular weight excluding hydrogens is 436 g/mol. The second kappa shape index (κ2) is 11.2. The van der Waals surface area contributed by atoms with Crippen LogP contribution in [0.2, 0.25) is 0 Å². The molecule has 2 aliphatic rings. The number of carbonyl (C=O) groups is 1. The smallest absolute Gasteiger partial charge is 0.367 e. The fourth-order valence-electron chi connectivity index (χ4n) is 2.82. The van der Waals surface area contributed by atoms with Crippen molar-refractivity contribution < 1.29 is 80.7 Å². The van der Waals surface area contributed by atoms with Gasteiger partial charge in [0.05, 0.1) is 13.2 Å². The molecule has 2 rings (SSSR count). The molecule has 0 radical (unpaired) electrons. The summed E-state index contributed by atoms with van der Waals surface area (Å²) in [4.78, 5) is 10.8. The van der Waals surface area contributed by atoms with E-state index in [1.54, 1.807) is 0 Å². The summed E-state index contributed by atoms with van der Waals surface area (Å²) in [6.07, 6.45) is -19.3. The average molecular weight is 464 g/mol. The highest BCUT2D eigenvalue weighted by Gasteiger charge is 2.59. The zero-order valence-electron chi connectivity index (χ0n) is 15.8. The molecule has 31 heavy (non-hydrogen) atoms. The Hall–Kier alpha value is -1.09. The fourth-order valence-corrected chi connectivity index (χ4v) is 2.82. The molecule has 12 atom stereocenters. The van der Waals surface area contributed by atoms with Gasteiger partial charge in [-0.05, 0) is 0 Å². The molecular formula is C15H28O16. The van der Waals surface area contributed by atoms with E-state index in [2.05, 4.69) is 9.47 Å². The Balaban J connectivity index is 0.000000343. The number of hydrogen-bond donors (Lipinski definition) is 13. The molecule has 0 bridgehead atoms. The molecule has 0 amide bonds. The number of ether oxygens (including phenoxy) is 2. The molecule has 0 aromatic carbocycles. The number of hydrogen-bond acceptors (Lipinski definition) is 15. The van der Waals surface area contributed by atoms with Crippen molar-refractivity contribution in [3.63, 3.8) is 0 Å². The van der Waals surface area contributed by atoms with Crippen molar-refractivity contribution in [1.29, 1.82) is 0 Å². The van der Waals surface area contributed by atoms with E-state index in [1.807, 2.05) is 0 Å². The lowest BCUT2D eigenvalue weighted by Crippen LogP contribution is -2.70. The van der Waals surface area contributed by atoms with Crippen LogP contribution in [-0.4, -0.2) is 159 Å². The molecule has 2 aliphatic heterocycles. The molecule has 13 N–H and O–H groups in total. The molecule has 2 heterocycles. The first-order valence-corrected chi connectivity index (χ1v) is 8.87. The van der Waals surface area contributed by atoms with Crippen molar-refractivity contribution in [1.82, 2.24) is 0 Å². The van der Waals surface area contributed by atoms with Crippen molar-refractivity contribution in [2.45, 2.75) is 73.1 Å². The Morgan fingerprint density at radius 3 is 1.87 bits per heavy atom. The first-order chi connectivity index (χ1) is 14.2. The third-order valence-electron chi connectivity index (χ3n) is 4.82. The minimum absolute atomic E-state index is 0.526. The number of aliphatic hydroxyl groups excluding tert-OH is 11. The molecule has 16 nitrogen and oxygen atoms in total. The maximum atomic E-state index is 10.8. The second-order valence-electron chi connectivity index (χ2n) is 6.97. The van der Waals surface area contributed by atoms with Crippen LogP contribution in [0.15, 0.2) is 0 Å². The van der Waals surface area contributed by atoms with Gasteiger partial charge in [-0.25, -0.2) is 4.79 Å². The van der Waals surface area contributed by atoms with Gasteiger partial charge in [0.15, 0.2) is 6.29 Å². The maximum absolute atomic E-state index is 10.8. The van der Waals surface area contributed by atoms with Crippen molar-refractivity contribution in [2.24, 2.45) is 0 Å². The van der Waals surface area contributed by atoms with E-state index < -0.39 is 92.3 Å². The Morgan fingerprint density at radius 1 is 0.871 bits per heavy atom. The Kier molecular flexibility index (Phi) is 10.1. The van der Waals surface area contributed by atoms with E-state index >= 15 is 0 Å². The zero-order valence-corrected chi connectivity index (χ0v) is 15.8. The highest BCUT2D eigenvalue weighted by molar-refractivity contribution is 5.76. The van der Waals surface area contributed by atoms with Crippen LogP contribution in [0.4, 0.5) is 0 Å². The van der Waals surface area contributed by atoms with Gasteiger partial charge in [-0.1, -0.05) is 0 Å². The van der Waals surface area contributed by atoms with E-state index in [9.17, 15) is 35.4 Å². The lowest BCUT2D eigenvalue weighted by Gasteiger charge is -2.45. The summed E-state index contributed by atoms with van der Waals surface area (Å²) < 4.78 is 9.07. The topological polar surface area (TPSA) is 299 Å². The molecule has 9 unspecified atom stereocenters. The van der Waals surface area contributed by atoms with Gasteiger partial charge in [0.25, 0.3) is 5.79 Å². The summed E-state index contributed by atoms with van der Waals surface area (Å²) in [6.45, 7) is -1.46. The van der Waals surface area contributed by atoms with Gasteiger partial charge in [0.2, 0.25) is 0 Å². The van der Waals surface area contributed by atoms with Crippen LogP contribution in [0.1, 0.15) is 0 Å². The van der Waals surface area contributed by atoms with Gasteiger partial charge in [0.1, 0.15) is 61.0 Å². The highest BCUT2D eigenvalue weighted by atomic mass is 16.7. The summed E-state index contributed by atoms with van der Waals surface area (Å²) in [6, 6.07) is 0. The Labute approximate surface area is 174 Å². The lowest BCUT2D eigenvalue weighted by atomic mass is 9.89. The van der Waals surface area contributed by atoms with Gasteiger partial charge in [-0.3, -0.25) is 0 Å². The molecule has 184 valence electrons. The zero-order chi connectivity index (χ0) is 24.3. The first kappa shape index (κ1) is 27.9. The normalized spacial score (nSPS) is 45.2. The molecule has 0 aliphatic carbocycles. The molecule has 2 fully saturated rings. The van der Waals surface area contributed by atoms with Gasteiger partial charge < -0.3 is 75.9 Å². The molecule has 16 heteroatoms. The summed E-state index contributed by atoms with van der Waals surface area (Å²) in [5.74, 6) is -5.32. The van der Waals surface area contributed by atoms with Gasteiger partial charge >= 0.3 is 5.97 Å². The van der Waals surface area contributed by atoms with Gasteiger partial charge in [-0.2, -0.15) is 0 Å². The van der Waals surface area contributed by atoms with Crippen LogP contribution >= 0.6 is 0 Å². The van der Waals surface area contributed by atoms with Crippen molar-refractivity contribution in [3.8, 4) is 0 Å². The second-order valence-corrected chi connectivity index (χ2v) is 6.97. The Morgan fingerprint density at radius 2 is 1.42 bits per heavy atom. The van der Waals surface area contributed by atoms with Crippen LogP contribution in [0.5, 0.6) is 0 Å². The molecule has 0 saturated carbocycles. The first-order valence-electron chi connectivity index (χ1n) is 8.87. The van der Waals surface area contributed by atoms with Crippen LogP contribution in [-0.2, 0) is 14.3 Å². The van der Waals surface area contributed by atoms with Crippen LogP contribution < -0.4 is 0 Å². The number of carboxylic acids is 1. The van der Waals surface area contributed by atoms with E-state index in [1.165, 1.54) is 0 Å². The monoisotopic (exact) mass is 464 g/mol. The van der Waals surface area contributed by atoms with E-state index in [0.29, 0.717) is 0 Å². The minimum atomic E-state index is -3.26. The minimum Gasteiger partial charge on any atom is -0.477 e. The van der Waals surface area contributed by atoms with Crippen LogP contribution in [0.25, 0.3) is 0 Å². The standard InChI is InChI=1S/C9H16O10.C6H12O6/c10-1-2(11)3(12)6-4(13)5(14)7(15)9(18,19-6)8(16)17;7-1-2-3(8)4(9)5(10)6(11)12-2/h2-7,10-15,18H,1H2,(H,16,17);2-11H,1H2/t2?,3?,4-,5?,6?,7?,9+;2?,3-,4?,5?,6?/m01/s1. The quantitative estimate of drug-likeness (QED) is 0.180. The predicted octanol–water partition coefficient (Wildman–Crippen LogP) is -8.27. The summed E-state index contributed by atoms with van der Waals surface area (Å²) in [7, 11) is 0. The van der Waals surface area contributed by atoms with E-state index in [0.717, 1.165) is 0 Å². The number of aliphatic carboxylic acids is 1. The third-order valence-corrected chi connectivity index (χ3v) is 4.82. The molecule has 0 aromatic rings. The molecule has 2 saturated heterocycles. The van der Waals surface area contributed by atoms with Crippen molar-refractivity contribution in [3.05, 3.63) is 0 Å². The summed E-state index contributed by atoms with van der Waals surface area (Å²) >= 11 is 0. The maximum Gasteiger partial charge on any atom is 0.367 e. The summed E-state index contributed by atoms with van der Waals surface area (Å²) in [5, 5.41) is 119. The van der Waals surface area contributed by atoms with Gasteiger partial charge in [-0.15, -0.1) is 0 Å². The molecule has 0 spiro atoms. The molecule has 0 aromatic heterocycles. The summed E-state index contributed by atoms with van der Waals surface area (Å²) in [5.41, 5.74) is 0. The predicted molar refractivity (Wildman–Crippen MR) is 90.6 cm³/mol. The number of carboxylic acid groups (broad SMARTS) is 1. The fraction of sp³-hybridized carbons (Fsp3) is 0.933. The van der Waals surface area contributed by atoms with Gasteiger partial charge in [0, 0.05) is 0 Å². The Bertz CT molecular complexity index is 568. The van der Waals surface area contributed by atoms with E-state index in [-0.39, 0.29) is 0 Å². The lowest BCUT2D eigenvalue weighted by molar-refractivity contribution is -0.349. The third kappa shape index (κ3) is 5.83. The highest BCUT2D eigenvalue weighted by Crippen LogP contribution is 2.30. The van der Waals surface area contributed by atoms with Crippen LogP contribution in [0.3, 0.4) is 0 Å². The van der Waals surface area contributed by atoms with Crippen molar-refractivity contribution in [2.75, 3.05) is 13.2 Å².